The SMILES string of the molecule is S=C1C=C[O+]=CC1. The molecule has 2 heteroatoms. The van der Waals surface area contributed by atoms with Gasteiger partial charge >= 0.3 is 6.26 Å². The molecule has 1 aliphatic heterocycles. The highest BCUT2D eigenvalue weighted by molar-refractivity contribution is 7.80. The number of rotatable bonds is 0. The quantitative estimate of drug-likeness (QED) is 0.259. The molecule has 0 aliphatic carbocycles. The van der Waals surface area contributed by atoms with Gasteiger partial charge in [0.2, 0.25) is 0 Å². The molecule has 1 nitrogen and oxygen atoms in total. The molecule has 0 unspecified atom stereocenters. The summed E-state index contributed by atoms with van der Waals surface area (Å²) in [5.41, 5.74) is 0. The first-order valence-corrected chi connectivity index (χ1v) is 2.47. The molecule has 0 N–H and O–H groups in total. The number of carbonyl (C=O) groups excluding carboxylic acids is 1. The maximum absolute atomic E-state index is 4.81. The fourth-order valence-electron chi connectivity index (χ4n) is 0.369. The highest BCUT2D eigenvalue weighted by Gasteiger charge is 1.99. The second-order valence-electron chi connectivity index (χ2n) is 1.28. The van der Waals surface area contributed by atoms with Crippen molar-refractivity contribution in [3.05, 3.63) is 12.3 Å². The van der Waals surface area contributed by atoms with Gasteiger partial charge in [0, 0.05) is 10.9 Å². The number of thiocarbonyl (C=S) groups is 1. The van der Waals surface area contributed by atoms with Crippen LogP contribution in [0, 0.1) is 0 Å². The van der Waals surface area contributed by atoms with Gasteiger partial charge in [-0.1, -0.05) is 12.2 Å². The Hall–Kier alpha value is -0.500. The zero-order valence-electron chi connectivity index (χ0n) is 3.76. The van der Waals surface area contributed by atoms with Crippen LogP contribution in [0.3, 0.4) is 0 Å². The van der Waals surface area contributed by atoms with E-state index < -0.39 is 0 Å². The van der Waals surface area contributed by atoms with E-state index in [4.69, 9.17) is 16.6 Å². The van der Waals surface area contributed by atoms with E-state index in [1.165, 1.54) is 0 Å². The Kier molecular flexibility index (Phi) is 1.32. The second kappa shape index (κ2) is 1.98. The molecule has 0 fully saturated rings. The summed E-state index contributed by atoms with van der Waals surface area (Å²) in [6.45, 7) is 0. The highest BCUT2D eigenvalue weighted by atomic mass is 32.1. The average molecular weight is 113 g/mol. The topological polar surface area (TPSA) is 11.3 Å². The van der Waals surface area contributed by atoms with Crippen LogP contribution in [0.4, 0.5) is 0 Å². The van der Waals surface area contributed by atoms with Crippen LogP contribution in [0.5, 0.6) is 0 Å². The molecule has 0 aromatic carbocycles. The molecule has 0 spiro atoms. The third-order valence-corrected chi connectivity index (χ3v) is 1.02. The molecule has 1 aliphatic rings. The first-order chi connectivity index (χ1) is 3.39. The fraction of sp³-hybridized carbons (Fsp3) is 0.200. The molecule has 0 aromatic rings. The summed E-state index contributed by atoms with van der Waals surface area (Å²) in [6, 6.07) is 0. The summed E-state index contributed by atoms with van der Waals surface area (Å²) >= 11 is 4.81. The zero-order chi connectivity index (χ0) is 5.11. The van der Waals surface area contributed by atoms with Crippen LogP contribution < -0.4 is 0 Å². The lowest BCUT2D eigenvalue weighted by molar-refractivity contribution is -0.368. The third-order valence-electron chi connectivity index (χ3n) is 0.713. The molecule has 0 saturated carbocycles. The molecule has 1 rings (SSSR count). The summed E-state index contributed by atoms with van der Waals surface area (Å²) in [5, 5.41) is 0. The van der Waals surface area contributed by atoms with Crippen molar-refractivity contribution in [2.24, 2.45) is 0 Å². The maximum Gasteiger partial charge on any atom is 0.318 e. The number of aldehydes is 1. The van der Waals surface area contributed by atoms with Gasteiger partial charge in [-0.05, 0) is 0 Å². The number of allylic oxidation sites excluding steroid dienone is 1. The van der Waals surface area contributed by atoms with E-state index >= 15 is 0 Å². The van der Waals surface area contributed by atoms with Crippen molar-refractivity contribution < 1.29 is 4.42 Å². The van der Waals surface area contributed by atoms with Crippen LogP contribution in [0.2, 0.25) is 0 Å². The van der Waals surface area contributed by atoms with Gasteiger partial charge in [0.1, 0.15) is 0 Å². The molecule has 1 heterocycles. The Bertz CT molecular complexity index is 135. The molecule has 36 valence electrons. The van der Waals surface area contributed by atoms with Crippen molar-refractivity contribution in [3.63, 3.8) is 0 Å². The van der Waals surface area contributed by atoms with Gasteiger partial charge in [-0.3, -0.25) is 0 Å². The third kappa shape index (κ3) is 1.20. The first kappa shape index (κ1) is 4.65. The zero-order valence-corrected chi connectivity index (χ0v) is 4.57. The Labute approximate surface area is 47.3 Å². The van der Waals surface area contributed by atoms with Gasteiger partial charge in [0.25, 0.3) is 6.29 Å². The standard InChI is InChI=1S/C5H5OS/c7-5-1-3-6-4-2-5/h1,3-4H,2H2/q+1. The van der Waals surface area contributed by atoms with Crippen molar-refractivity contribution in [2.45, 2.75) is 6.42 Å². The van der Waals surface area contributed by atoms with Crippen LogP contribution in [0.25, 0.3) is 0 Å². The molecule has 0 amide bonds. The lowest BCUT2D eigenvalue weighted by Gasteiger charge is -1.82. The molecule has 7 heavy (non-hydrogen) atoms. The van der Waals surface area contributed by atoms with E-state index in [9.17, 15) is 0 Å². The van der Waals surface area contributed by atoms with Crippen molar-refractivity contribution in [1.29, 1.82) is 0 Å². The van der Waals surface area contributed by atoms with Crippen molar-refractivity contribution in [1.82, 2.24) is 0 Å². The monoisotopic (exact) mass is 113 g/mol. The van der Waals surface area contributed by atoms with Crippen LogP contribution in [-0.4, -0.2) is 11.2 Å². The van der Waals surface area contributed by atoms with Gasteiger partial charge in [0.05, 0.1) is 6.42 Å². The van der Waals surface area contributed by atoms with Gasteiger partial charge in [-0.2, -0.15) is 0 Å². The Morgan fingerprint density at radius 3 is 2.86 bits per heavy atom. The predicted octanol–water partition coefficient (Wildman–Crippen LogP) is 1.01. The molecule has 0 radical (unpaired) electrons. The lowest BCUT2D eigenvalue weighted by atomic mass is 10.3. The van der Waals surface area contributed by atoms with E-state index in [1.807, 2.05) is 0 Å². The van der Waals surface area contributed by atoms with Crippen LogP contribution in [-0.2, 0) is 4.42 Å². The molecule has 0 atom stereocenters. The molecular weight excluding hydrogens is 108 g/mol. The summed E-state index contributed by atoms with van der Waals surface area (Å²) < 4.78 is 4.75. The first-order valence-electron chi connectivity index (χ1n) is 2.06. The highest BCUT2D eigenvalue weighted by Crippen LogP contribution is 1.89. The number of hydrogen-bond donors (Lipinski definition) is 0. The van der Waals surface area contributed by atoms with Crippen molar-refractivity contribution >= 4 is 23.4 Å². The van der Waals surface area contributed by atoms with Gasteiger partial charge in [-0.15, -0.1) is 0 Å². The van der Waals surface area contributed by atoms with Crippen LogP contribution >= 0.6 is 12.2 Å². The summed E-state index contributed by atoms with van der Waals surface area (Å²) in [4.78, 5) is 0.936. The second-order valence-corrected chi connectivity index (χ2v) is 1.80. The van der Waals surface area contributed by atoms with Crippen molar-refractivity contribution in [3.8, 4) is 0 Å². The minimum atomic E-state index is 0.784. The minimum absolute atomic E-state index is 0.784. The summed E-state index contributed by atoms with van der Waals surface area (Å²) in [5.74, 6) is 0. The predicted molar refractivity (Wildman–Crippen MR) is 32.4 cm³/mol. The summed E-state index contributed by atoms with van der Waals surface area (Å²) in [7, 11) is 0. The fourth-order valence-corrected chi connectivity index (χ4v) is 0.493. The van der Waals surface area contributed by atoms with E-state index in [2.05, 4.69) is 0 Å². The molecule has 0 aromatic heterocycles. The minimum Gasteiger partial charge on any atom is -0.229 e. The van der Waals surface area contributed by atoms with E-state index in [-0.39, 0.29) is 0 Å². The Morgan fingerprint density at radius 2 is 2.57 bits per heavy atom. The van der Waals surface area contributed by atoms with Gasteiger partial charge in [0.15, 0.2) is 0 Å². The lowest BCUT2D eigenvalue weighted by Crippen LogP contribution is -1.94. The Balaban J connectivity index is 2.66. The largest absolute Gasteiger partial charge is 0.318 e. The van der Waals surface area contributed by atoms with Gasteiger partial charge in [-0.25, -0.2) is 4.42 Å². The van der Waals surface area contributed by atoms with E-state index in [0.717, 1.165) is 11.3 Å². The van der Waals surface area contributed by atoms with E-state index in [1.54, 1.807) is 18.6 Å². The van der Waals surface area contributed by atoms with Crippen LogP contribution in [0.1, 0.15) is 6.42 Å². The van der Waals surface area contributed by atoms with Crippen molar-refractivity contribution in [2.75, 3.05) is 0 Å². The summed E-state index contributed by atoms with van der Waals surface area (Å²) in [6.07, 6.45) is 5.84. The smallest absolute Gasteiger partial charge is 0.229 e. The Morgan fingerprint density at radius 1 is 1.71 bits per heavy atom. The van der Waals surface area contributed by atoms with Gasteiger partial charge < -0.3 is 0 Å². The van der Waals surface area contributed by atoms with E-state index in [0.29, 0.717) is 0 Å². The number of hydrogen-bond acceptors (Lipinski definition) is 1. The molecule has 0 saturated heterocycles. The molecular formula is C5H5OS+. The molecule has 0 bridgehead atoms. The average Bonchev–Trinajstić information content (AvgIpc) is 1.69. The maximum atomic E-state index is 4.81. The normalized spacial score (nSPS) is 18.0. The van der Waals surface area contributed by atoms with Crippen LogP contribution in [0.15, 0.2) is 12.3 Å².